The van der Waals surface area contributed by atoms with E-state index >= 15 is 0 Å². The van der Waals surface area contributed by atoms with Crippen molar-refractivity contribution in [3.8, 4) is 10.8 Å². The maximum Gasteiger partial charge on any atom is 0.194 e. The van der Waals surface area contributed by atoms with Gasteiger partial charge in [0.05, 0.1) is 6.04 Å². The molecule has 80 valence electrons. The van der Waals surface area contributed by atoms with Crippen LogP contribution in [-0.2, 0) is 0 Å². The summed E-state index contributed by atoms with van der Waals surface area (Å²) in [6.45, 7) is 2.01. The van der Waals surface area contributed by atoms with Gasteiger partial charge in [-0.3, -0.25) is 0 Å². The van der Waals surface area contributed by atoms with Crippen LogP contribution in [0, 0.1) is 0 Å². The molecule has 2 heterocycles. The smallest absolute Gasteiger partial charge is 0.194 e. The Morgan fingerprint density at radius 3 is 2.93 bits per heavy atom. The number of halogens is 1. The molecule has 0 aromatic carbocycles. The lowest BCUT2D eigenvalue weighted by atomic mass is 10.3. The summed E-state index contributed by atoms with van der Waals surface area (Å²) >= 11 is 7.10. The normalized spacial score (nSPS) is 13.0. The highest BCUT2D eigenvalue weighted by molar-refractivity contribution is 7.14. The number of rotatable bonds is 3. The Kier molecular flexibility index (Phi) is 3.04. The number of hydrogen-bond acceptors (Lipinski definition) is 5. The van der Waals surface area contributed by atoms with Crippen LogP contribution in [0.2, 0.25) is 5.22 Å². The van der Waals surface area contributed by atoms with Gasteiger partial charge in [-0.25, -0.2) is 0 Å². The number of hydrogen-bond donors (Lipinski definition) is 1. The molecule has 0 spiro atoms. The number of aromatic nitrogens is 2. The van der Waals surface area contributed by atoms with Crippen LogP contribution in [0.4, 0.5) is 0 Å². The van der Waals surface area contributed by atoms with Crippen molar-refractivity contribution in [3.05, 3.63) is 22.4 Å². The standard InChI is InChI=1S/C9H10ClN3OS/c1-2-5(11)8-12-13-9(15-8)6-3-4-7(10)14-6/h3-5H,2,11H2,1H3. The van der Waals surface area contributed by atoms with Crippen molar-refractivity contribution in [2.24, 2.45) is 5.73 Å². The number of nitrogens with two attached hydrogens (primary N) is 1. The summed E-state index contributed by atoms with van der Waals surface area (Å²) in [5.41, 5.74) is 5.84. The maximum absolute atomic E-state index is 5.84. The predicted octanol–water partition coefficient (Wildman–Crippen LogP) is 2.86. The van der Waals surface area contributed by atoms with Crippen LogP contribution in [-0.4, -0.2) is 10.2 Å². The second-order valence-electron chi connectivity index (χ2n) is 3.06. The van der Waals surface area contributed by atoms with E-state index in [4.69, 9.17) is 21.8 Å². The molecule has 0 aliphatic rings. The highest BCUT2D eigenvalue weighted by Gasteiger charge is 2.13. The molecule has 0 bridgehead atoms. The summed E-state index contributed by atoms with van der Waals surface area (Å²) in [6, 6.07) is 3.39. The maximum atomic E-state index is 5.84. The zero-order valence-corrected chi connectivity index (χ0v) is 9.68. The van der Waals surface area contributed by atoms with E-state index < -0.39 is 0 Å². The molecular formula is C9H10ClN3OS. The van der Waals surface area contributed by atoms with Crippen molar-refractivity contribution in [2.45, 2.75) is 19.4 Å². The molecule has 0 aliphatic heterocycles. The number of furan rings is 1. The molecule has 2 aromatic rings. The van der Waals surface area contributed by atoms with Crippen molar-refractivity contribution in [2.75, 3.05) is 0 Å². The van der Waals surface area contributed by atoms with Gasteiger partial charge in [-0.1, -0.05) is 18.3 Å². The second-order valence-corrected chi connectivity index (χ2v) is 4.45. The van der Waals surface area contributed by atoms with Gasteiger partial charge >= 0.3 is 0 Å². The van der Waals surface area contributed by atoms with E-state index in [1.807, 2.05) is 6.92 Å². The topological polar surface area (TPSA) is 64.9 Å². The minimum absolute atomic E-state index is 0.0540. The molecule has 1 unspecified atom stereocenters. The van der Waals surface area contributed by atoms with E-state index in [0.717, 1.165) is 11.4 Å². The molecule has 0 aliphatic carbocycles. The summed E-state index contributed by atoms with van der Waals surface area (Å²) < 4.78 is 5.23. The van der Waals surface area contributed by atoms with E-state index in [1.165, 1.54) is 11.3 Å². The van der Waals surface area contributed by atoms with E-state index in [-0.39, 0.29) is 6.04 Å². The third-order valence-electron chi connectivity index (χ3n) is 1.98. The lowest BCUT2D eigenvalue weighted by molar-refractivity contribution is 0.583. The minimum Gasteiger partial charge on any atom is -0.442 e. The van der Waals surface area contributed by atoms with E-state index in [0.29, 0.717) is 16.0 Å². The zero-order chi connectivity index (χ0) is 10.8. The molecule has 2 N–H and O–H groups in total. The first kappa shape index (κ1) is 10.6. The highest BCUT2D eigenvalue weighted by atomic mass is 35.5. The van der Waals surface area contributed by atoms with Crippen molar-refractivity contribution < 1.29 is 4.42 Å². The largest absolute Gasteiger partial charge is 0.442 e. The van der Waals surface area contributed by atoms with Gasteiger partial charge in [-0.15, -0.1) is 10.2 Å². The SMILES string of the molecule is CCC(N)c1nnc(-c2ccc(Cl)o2)s1. The van der Waals surface area contributed by atoms with Gasteiger partial charge in [0.2, 0.25) is 0 Å². The lowest BCUT2D eigenvalue weighted by Crippen LogP contribution is -2.07. The van der Waals surface area contributed by atoms with Crippen LogP contribution >= 0.6 is 22.9 Å². The fourth-order valence-electron chi connectivity index (χ4n) is 1.09. The first-order valence-corrected chi connectivity index (χ1v) is 5.75. The second kappa shape index (κ2) is 4.30. The van der Waals surface area contributed by atoms with Crippen molar-refractivity contribution >= 4 is 22.9 Å². The fourth-order valence-corrected chi connectivity index (χ4v) is 2.12. The van der Waals surface area contributed by atoms with E-state index in [9.17, 15) is 0 Å². The van der Waals surface area contributed by atoms with Gasteiger partial charge in [-0.05, 0) is 30.2 Å². The molecule has 0 radical (unpaired) electrons. The zero-order valence-electron chi connectivity index (χ0n) is 8.11. The van der Waals surface area contributed by atoms with Crippen LogP contribution in [0.25, 0.3) is 10.8 Å². The number of nitrogens with zero attached hydrogens (tertiary/aromatic N) is 2. The monoisotopic (exact) mass is 243 g/mol. The van der Waals surface area contributed by atoms with Gasteiger partial charge in [0.25, 0.3) is 0 Å². The summed E-state index contributed by atoms with van der Waals surface area (Å²) in [5, 5.41) is 9.90. The first-order valence-electron chi connectivity index (χ1n) is 4.55. The Morgan fingerprint density at radius 2 is 2.33 bits per heavy atom. The molecule has 1 atom stereocenters. The average Bonchev–Trinajstić information content (AvgIpc) is 2.84. The fraction of sp³-hybridized carbons (Fsp3) is 0.333. The molecular weight excluding hydrogens is 234 g/mol. The summed E-state index contributed by atoms with van der Waals surface area (Å²) in [7, 11) is 0. The minimum atomic E-state index is -0.0540. The lowest BCUT2D eigenvalue weighted by Gasteiger charge is -2.00. The van der Waals surface area contributed by atoms with Crippen LogP contribution < -0.4 is 5.73 Å². The van der Waals surface area contributed by atoms with E-state index in [2.05, 4.69) is 10.2 Å². The quantitative estimate of drug-likeness (QED) is 0.900. The Hall–Kier alpha value is -0.910. The Bertz CT molecular complexity index is 454. The molecule has 4 nitrogen and oxygen atoms in total. The van der Waals surface area contributed by atoms with Gasteiger partial charge in [0, 0.05) is 0 Å². The summed E-state index contributed by atoms with van der Waals surface area (Å²) in [4.78, 5) is 0. The molecule has 2 aromatic heterocycles. The van der Waals surface area contributed by atoms with Gasteiger partial charge in [-0.2, -0.15) is 0 Å². The Morgan fingerprint density at radius 1 is 1.53 bits per heavy atom. The molecule has 15 heavy (non-hydrogen) atoms. The Labute approximate surface area is 96.1 Å². The molecule has 6 heteroatoms. The van der Waals surface area contributed by atoms with Crippen molar-refractivity contribution in [3.63, 3.8) is 0 Å². The molecule has 0 amide bonds. The summed E-state index contributed by atoms with van der Waals surface area (Å²) in [6.07, 6.45) is 0.841. The van der Waals surface area contributed by atoms with Crippen molar-refractivity contribution in [1.29, 1.82) is 0 Å². The van der Waals surface area contributed by atoms with Crippen LogP contribution in [0.1, 0.15) is 24.4 Å². The highest BCUT2D eigenvalue weighted by Crippen LogP contribution is 2.29. The van der Waals surface area contributed by atoms with Gasteiger partial charge < -0.3 is 10.2 Å². The Balaban J connectivity index is 2.27. The average molecular weight is 244 g/mol. The predicted molar refractivity (Wildman–Crippen MR) is 59.8 cm³/mol. The third kappa shape index (κ3) is 2.19. The molecule has 0 saturated heterocycles. The van der Waals surface area contributed by atoms with Gasteiger partial charge in [0.15, 0.2) is 16.0 Å². The van der Waals surface area contributed by atoms with E-state index in [1.54, 1.807) is 12.1 Å². The van der Waals surface area contributed by atoms with Gasteiger partial charge in [0.1, 0.15) is 5.01 Å². The first-order chi connectivity index (χ1) is 7.20. The molecule has 0 fully saturated rings. The van der Waals surface area contributed by atoms with Crippen LogP contribution in [0.5, 0.6) is 0 Å². The van der Waals surface area contributed by atoms with Crippen molar-refractivity contribution in [1.82, 2.24) is 10.2 Å². The molecule has 0 saturated carbocycles. The molecule has 2 rings (SSSR count). The van der Waals surface area contributed by atoms with Crippen LogP contribution in [0.3, 0.4) is 0 Å². The third-order valence-corrected chi connectivity index (χ3v) is 3.25. The van der Waals surface area contributed by atoms with Crippen LogP contribution in [0.15, 0.2) is 16.5 Å². The summed E-state index contributed by atoms with van der Waals surface area (Å²) in [5.74, 6) is 0.632.